The van der Waals surface area contributed by atoms with E-state index in [1.165, 1.54) is 11.3 Å². The molecule has 1 aliphatic rings. The SMILES string of the molecule is CC(C)c1[nH]c(=O)sc1CN1CCN(C(=O)OC(C)(C)C)CC1. The number of ether oxygens (including phenoxy) is 1. The molecule has 7 heteroatoms. The van der Waals surface area contributed by atoms with Crippen molar-refractivity contribution in [3.8, 4) is 0 Å². The predicted octanol–water partition coefficient (Wildman–Crippen LogP) is 2.61. The highest BCUT2D eigenvalue weighted by atomic mass is 32.1. The summed E-state index contributed by atoms with van der Waals surface area (Å²) in [6, 6.07) is 0. The van der Waals surface area contributed by atoms with Crippen LogP contribution in [0.25, 0.3) is 0 Å². The third-order valence-electron chi connectivity index (χ3n) is 3.72. The first-order valence-electron chi connectivity index (χ1n) is 8.08. The molecule has 0 unspecified atom stereocenters. The molecule has 1 aromatic rings. The summed E-state index contributed by atoms with van der Waals surface area (Å²) >= 11 is 1.29. The number of thiazole rings is 1. The maximum Gasteiger partial charge on any atom is 0.410 e. The van der Waals surface area contributed by atoms with Crippen molar-refractivity contribution in [3.05, 3.63) is 20.2 Å². The van der Waals surface area contributed by atoms with E-state index in [4.69, 9.17) is 4.74 Å². The van der Waals surface area contributed by atoms with Crippen LogP contribution in [0.1, 0.15) is 51.1 Å². The summed E-state index contributed by atoms with van der Waals surface area (Å²) in [7, 11) is 0. The molecule has 6 nitrogen and oxygen atoms in total. The number of rotatable bonds is 3. The van der Waals surface area contributed by atoms with Crippen LogP contribution >= 0.6 is 11.3 Å². The van der Waals surface area contributed by atoms with Gasteiger partial charge in [-0.25, -0.2) is 4.79 Å². The van der Waals surface area contributed by atoms with Crippen molar-refractivity contribution in [2.75, 3.05) is 26.2 Å². The summed E-state index contributed by atoms with van der Waals surface area (Å²) in [5, 5.41) is 0. The number of hydrogen-bond donors (Lipinski definition) is 1. The summed E-state index contributed by atoms with van der Waals surface area (Å²) in [5.74, 6) is 0.312. The van der Waals surface area contributed by atoms with Crippen LogP contribution < -0.4 is 4.87 Å². The van der Waals surface area contributed by atoms with E-state index in [9.17, 15) is 9.59 Å². The number of hydrogen-bond acceptors (Lipinski definition) is 5. The molecule has 2 rings (SSSR count). The smallest absolute Gasteiger partial charge is 0.410 e. The fourth-order valence-corrected chi connectivity index (χ4v) is 3.60. The third kappa shape index (κ3) is 5.07. The van der Waals surface area contributed by atoms with Gasteiger partial charge in [-0.2, -0.15) is 0 Å². The summed E-state index contributed by atoms with van der Waals surface area (Å²) in [6.07, 6.45) is -0.244. The van der Waals surface area contributed by atoms with Crippen molar-refractivity contribution in [1.82, 2.24) is 14.8 Å². The normalized spacial score (nSPS) is 16.9. The van der Waals surface area contributed by atoms with Gasteiger partial charge in [0.05, 0.1) is 0 Å². The molecule has 23 heavy (non-hydrogen) atoms. The molecular weight excluding hydrogens is 314 g/mol. The van der Waals surface area contributed by atoms with Crippen LogP contribution in [0, 0.1) is 0 Å². The van der Waals surface area contributed by atoms with Crippen LogP contribution in [0.15, 0.2) is 4.79 Å². The molecule has 1 fully saturated rings. The fraction of sp³-hybridized carbons (Fsp3) is 0.750. The minimum atomic E-state index is -0.461. The van der Waals surface area contributed by atoms with Gasteiger partial charge in [-0.15, -0.1) is 0 Å². The van der Waals surface area contributed by atoms with Gasteiger partial charge in [-0.05, 0) is 26.7 Å². The second-order valence-corrected chi connectivity index (χ2v) is 8.32. The highest BCUT2D eigenvalue weighted by Crippen LogP contribution is 2.21. The van der Waals surface area contributed by atoms with E-state index in [1.54, 1.807) is 4.90 Å². The Morgan fingerprint density at radius 2 is 1.87 bits per heavy atom. The fourth-order valence-electron chi connectivity index (χ4n) is 2.57. The summed E-state index contributed by atoms with van der Waals surface area (Å²) in [6.45, 7) is 13.5. The zero-order valence-corrected chi connectivity index (χ0v) is 15.5. The van der Waals surface area contributed by atoms with Crippen molar-refractivity contribution in [2.24, 2.45) is 0 Å². The Labute approximate surface area is 141 Å². The average molecular weight is 341 g/mol. The van der Waals surface area contributed by atoms with Crippen molar-refractivity contribution in [2.45, 2.75) is 52.7 Å². The number of piperazine rings is 1. The molecule has 130 valence electrons. The van der Waals surface area contributed by atoms with Crippen molar-refractivity contribution >= 4 is 17.4 Å². The van der Waals surface area contributed by atoms with Crippen LogP contribution in [0.4, 0.5) is 4.79 Å². The second-order valence-electron chi connectivity index (χ2n) is 7.25. The first-order chi connectivity index (χ1) is 10.7. The molecule has 1 N–H and O–H groups in total. The predicted molar refractivity (Wildman–Crippen MR) is 92.1 cm³/mol. The quantitative estimate of drug-likeness (QED) is 0.918. The molecule has 0 radical (unpaired) electrons. The topological polar surface area (TPSA) is 65.6 Å². The van der Waals surface area contributed by atoms with Gasteiger partial charge >= 0.3 is 11.0 Å². The molecule has 0 bridgehead atoms. The zero-order valence-electron chi connectivity index (χ0n) is 14.6. The minimum absolute atomic E-state index is 0.0103. The molecule has 1 amide bonds. The lowest BCUT2D eigenvalue weighted by molar-refractivity contribution is 0.0139. The number of carbonyl (C=O) groups is 1. The van der Waals surface area contributed by atoms with Gasteiger partial charge in [0.2, 0.25) is 0 Å². The van der Waals surface area contributed by atoms with Gasteiger partial charge in [0.25, 0.3) is 0 Å². The molecule has 2 heterocycles. The number of amides is 1. The highest BCUT2D eigenvalue weighted by Gasteiger charge is 2.26. The molecule has 0 aliphatic carbocycles. The summed E-state index contributed by atoms with van der Waals surface area (Å²) < 4.78 is 5.41. The van der Waals surface area contributed by atoms with E-state index >= 15 is 0 Å². The second kappa shape index (κ2) is 7.05. The monoisotopic (exact) mass is 341 g/mol. The Morgan fingerprint density at radius 3 is 2.39 bits per heavy atom. The molecule has 1 aliphatic heterocycles. The van der Waals surface area contributed by atoms with Gasteiger partial charge < -0.3 is 14.6 Å². The van der Waals surface area contributed by atoms with E-state index in [1.807, 2.05) is 20.8 Å². The maximum absolute atomic E-state index is 12.1. The Bertz CT molecular complexity index is 592. The van der Waals surface area contributed by atoms with Crippen LogP contribution in [0.2, 0.25) is 0 Å². The minimum Gasteiger partial charge on any atom is -0.444 e. The molecule has 1 saturated heterocycles. The summed E-state index contributed by atoms with van der Waals surface area (Å²) in [4.78, 5) is 31.8. The Morgan fingerprint density at radius 1 is 1.26 bits per heavy atom. The molecular formula is C16H27N3O3S. The molecule has 0 aromatic carbocycles. The highest BCUT2D eigenvalue weighted by molar-refractivity contribution is 7.09. The third-order valence-corrected chi connectivity index (χ3v) is 4.60. The zero-order chi connectivity index (χ0) is 17.2. The largest absolute Gasteiger partial charge is 0.444 e. The standard InChI is InChI=1S/C16H27N3O3S/c1-11(2)13-12(23-14(20)17-13)10-18-6-8-19(9-7-18)15(21)22-16(3,4)5/h11H,6-10H2,1-5H3,(H,17,20). The van der Waals surface area contributed by atoms with Gasteiger partial charge in [0, 0.05) is 43.3 Å². The van der Waals surface area contributed by atoms with Gasteiger partial charge in [-0.3, -0.25) is 9.69 Å². The van der Waals surface area contributed by atoms with E-state index in [0.717, 1.165) is 30.2 Å². The number of aromatic nitrogens is 1. The van der Waals surface area contributed by atoms with Crippen LogP contribution in [-0.4, -0.2) is 52.7 Å². The van der Waals surface area contributed by atoms with Crippen molar-refractivity contribution < 1.29 is 9.53 Å². The lowest BCUT2D eigenvalue weighted by atomic mass is 10.1. The summed E-state index contributed by atoms with van der Waals surface area (Å²) in [5.41, 5.74) is 0.576. The Balaban J connectivity index is 1.90. The van der Waals surface area contributed by atoms with Crippen molar-refractivity contribution in [3.63, 3.8) is 0 Å². The number of nitrogens with zero attached hydrogens (tertiary/aromatic N) is 2. The van der Waals surface area contributed by atoms with Gasteiger partial charge in [-0.1, -0.05) is 25.2 Å². The number of nitrogens with one attached hydrogen (secondary N) is 1. The van der Waals surface area contributed by atoms with E-state index < -0.39 is 5.60 Å². The van der Waals surface area contributed by atoms with Gasteiger partial charge in [0.15, 0.2) is 0 Å². The molecule has 1 aromatic heterocycles. The molecule has 0 spiro atoms. The molecule has 0 saturated carbocycles. The number of carbonyl (C=O) groups excluding carboxylic acids is 1. The molecule has 0 atom stereocenters. The Hall–Kier alpha value is -1.34. The number of H-pyrrole nitrogens is 1. The lowest BCUT2D eigenvalue weighted by Crippen LogP contribution is -2.49. The average Bonchev–Trinajstić information content (AvgIpc) is 2.78. The number of aromatic amines is 1. The van der Waals surface area contributed by atoms with Crippen LogP contribution in [0.3, 0.4) is 0 Å². The van der Waals surface area contributed by atoms with Crippen LogP contribution in [0.5, 0.6) is 0 Å². The first kappa shape index (κ1) is 18.0. The lowest BCUT2D eigenvalue weighted by Gasteiger charge is -2.35. The van der Waals surface area contributed by atoms with E-state index in [-0.39, 0.29) is 11.0 Å². The van der Waals surface area contributed by atoms with E-state index in [2.05, 4.69) is 23.7 Å². The Kier molecular flexibility index (Phi) is 5.52. The van der Waals surface area contributed by atoms with Crippen LogP contribution in [-0.2, 0) is 11.3 Å². The maximum atomic E-state index is 12.1. The first-order valence-corrected chi connectivity index (χ1v) is 8.89. The van der Waals surface area contributed by atoms with Gasteiger partial charge in [0.1, 0.15) is 5.60 Å². The van der Waals surface area contributed by atoms with Crippen molar-refractivity contribution in [1.29, 1.82) is 0 Å². The van der Waals surface area contributed by atoms with E-state index in [0.29, 0.717) is 19.0 Å².